The number of carbonyl (C=O) groups is 1. The van der Waals surface area contributed by atoms with Crippen LogP contribution in [0.4, 0.5) is 5.69 Å². The van der Waals surface area contributed by atoms with Gasteiger partial charge in [0.1, 0.15) is 0 Å². The van der Waals surface area contributed by atoms with Crippen molar-refractivity contribution in [3.63, 3.8) is 0 Å². The molecule has 0 spiro atoms. The fourth-order valence-corrected chi connectivity index (χ4v) is 3.17. The van der Waals surface area contributed by atoms with Crippen molar-refractivity contribution in [2.24, 2.45) is 0 Å². The van der Waals surface area contributed by atoms with Crippen molar-refractivity contribution in [2.45, 2.75) is 11.3 Å². The molecule has 0 aliphatic heterocycles. The van der Waals surface area contributed by atoms with E-state index >= 15 is 0 Å². The van der Waals surface area contributed by atoms with Crippen LogP contribution in [0.25, 0.3) is 0 Å². The Labute approximate surface area is 145 Å². The van der Waals surface area contributed by atoms with Gasteiger partial charge in [0.2, 0.25) is 0 Å². The summed E-state index contributed by atoms with van der Waals surface area (Å²) in [6, 6.07) is 12.0. The molecule has 128 valence electrons. The molecule has 2 aromatic carbocycles. The highest BCUT2D eigenvalue weighted by atomic mass is 35.5. The van der Waals surface area contributed by atoms with Crippen molar-refractivity contribution in [3.8, 4) is 0 Å². The molecule has 0 unspecified atom stereocenters. The third kappa shape index (κ3) is 4.70. The van der Waals surface area contributed by atoms with Gasteiger partial charge in [0.15, 0.2) is 0 Å². The zero-order valence-electron chi connectivity index (χ0n) is 12.7. The number of para-hydroxylation sites is 1. The van der Waals surface area contributed by atoms with Crippen molar-refractivity contribution in [1.82, 2.24) is 5.32 Å². The minimum atomic E-state index is -3.84. The maximum atomic E-state index is 12.4. The third-order valence-corrected chi connectivity index (χ3v) is 4.79. The minimum Gasteiger partial charge on any atom is -0.396 e. The molecule has 1 amide bonds. The molecule has 6 nitrogen and oxygen atoms in total. The molecule has 0 aliphatic carbocycles. The lowest BCUT2D eigenvalue weighted by Gasteiger charge is -2.12. The number of benzene rings is 2. The Kier molecular flexibility index (Phi) is 6.19. The van der Waals surface area contributed by atoms with E-state index in [9.17, 15) is 13.2 Å². The maximum Gasteiger partial charge on any atom is 0.261 e. The molecule has 0 atom stereocenters. The molecule has 2 aromatic rings. The number of aliphatic hydroxyl groups is 1. The summed E-state index contributed by atoms with van der Waals surface area (Å²) in [5.41, 5.74) is 0.377. The van der Waals surface area contributed by atoms with E-state index in [4.69, 9.17) is 16.7 Å². The first-order valence-corrected chi connectivity index (χ1v) is 9.06. The van der Waals surface area contributed by atoms with Gasteiger partial charge in [-0.3, -0.25) is 9.52 Å². The van der Waals surface area contributed by atoms with E-state index in [1.165, 1.54) is 36.4 Å². The normalized spacial score (nSPS) is 11.1. The Morgan fingerprint density at radius 2 is 1.75 bits per heavy atom. The number of nitrogens with one attached hydrogen (secondary N) is 2. The number of aliphatic hydroxyl groups excluding tert-OH is 1. The number of amides is 1. The van der Waals surface area contributed by atoms with Crippen LogP contribution in [0.3, 0.4) is 0 Å². The van der Waals surface area contributed by atoms with Crippen molar-refractivity contribution in [3.05, 3.63) is 59.1 Å². The van der Waals surface area contributed by atoms with Crippen LogP contribution in [-0.2, 0) is 10.0 Å². The Bertz CT molecular complexity index is 807. The highest BCUT2D eigenvalue weighted by Gasteiger charge is 2.18. The average Bonchev–Trinajstić information content (AvgIpc) is 2.55. The number of anilines is 1. The van der Waals surface area contributed by atoms with Gasteiger partial charge < -0.3 is 10.4 Å². The van der Waals surface area contributed by atoms with Crippen LogP contribution in [-0.4, -0.2) is 32.6 Å². The van der Waals surface area contributed by atoms with E-state index in [2.05, 4.69) is 10.0 Å². The molecule has 24 heavy (non-hydrogen) atoms. The van der Waals surface area contributed by atoms with Gasteiger partial charge in [-0.25, -0.2) is 8.42 Å². The predicted octanol–water partition coefficient (Wildman–Crippen LogP) is 2.25. The topological polar surface area (TPSA) is 95.5 Å². The van der Waals surface area contributed by atoms with Gasteiger partial charge in [0, 0.05) is 18.2 Å². The molecule has 0 saturated carbocycles. The molecule has 0 aromatic heterocycles. The molecule has 0 radical (unpaired) electrons. The van der Waals surface area contributed by atoms with Gasteiger partial charge in [0.05, 0.1) is 16.1 Å². The van der Waals surface area contributed by atoms with E-state index in [-0.39, 0.29) is 22.8 Å². The molecule has 0 bridgehead atoms. The molecule has 8 heteroatoms. The molecule has 2 rings (SSSR count). The van der Waals surface area contributed by atoms with Gasteiger partial charge in [-0.2, -0.15) is 0 Å². The first-order valence-electron chi connectivity index (χ1n) is 7.20. The summed E-state index contributed by atoms with van der Waals surface area (Å²) in [5.74, 6) is -0.419. The summed E-state index contributed by atoms with van der Waals surface area (Å²) in [5, 5.41) is 11.8. The summed E-state index contributed by atoms with van der Waals surface area (Å²) in [6.45, 7) is 0.263. The second-order valence-electron chi connectivity index (χ2n) is 4.94. The third-order valence-electron chi connectivity index (χ3n) is 3.16. The average molecular weight is 369 g/mol. The summed E-state index contributed by atoms with van der Waals surface area (Å²) in [6.07, 6.45) is 0.421. The monoisotopic (exact) mass is 368 g/mol. The zero-order valence-corrected chi connectivity index (χ0v) is 14.3. The highest BCUT2D eigenvalue weighted by Crippen LogP contribution is 2.21. The smallest absolute Gasteiger partial charge is 0.261 e. The molecule has 0 saturated heterocycles. The maximum absolute atomic E-state index is 12.4. The number of sulfonamides is 1. The summed E-state index contributed by atoms with van der Waals surface area (Å²) in [7, 11) is -3.84. The number of carbonyl (C=O) groups excluding carboxylic acids is 1. The summed E-state index contributed by atoms with van der Waals surface area (Å²) in [4.78, 5) is 12.2. The van der Waals surface area contributed by atoms with E-state index < -0.39 is 15.9 Å². The van der Waals surface area contributed by atoms with Crippen LogP contribution in [0.5, 0.6) is 0 Å². The molecule has 0 fully saturated rings. The Hall–Kier alpha value is -2.09. The number of hydrogen-bond donors (Lipinski definition) is 3. The van der Waals surface area contributed by atoms with Crippen molar-refractivity contribution < 1.29 is 18.3 Å². The Morgan fingerprint density at radius 3 is 2.42 bits per heavy atom. The van der Waals surface area contributed by atoms with Crippen molar-refractivity contribution in [2.75, 3.05) is 17.9 Å². The van der Waals surface area contributed by atoms with Crippen LogP contribution in [0.2, 0.25) is 5.02 Å². The van der Waals surface area contributed by atoms with Crippen LogP contribution in [0.15, 0.2) is 53.4 Å². The van der Waals surface area contributed by atoms with Gasteiger partial charge >= 0.3 is 0 Å². The van der Waals surface area contributed by atoms with Crippen LogP contribution < -0.4 is 10.0 Å². The van der Waals surface area contributed by atoms with E-state index in [1.54, 1.807) is 12.1 Å². The SMILES string of the molecule is O=C(NCCCO)c1ccccc1NS(=O)(=O)c1ccc(Cl)cc1. The first-order chi connectivity index (χ1) is 11.4. The zero-order chi connectivity index (χ0) is 17.6. The standard InChI is InChI=1S/C16H17ClN2O4S/c17-12-6-8-13(9-7-12)24(22,23)19-15-5-2-1-4-14(15)16(21)18-10-3-11-20/h1-2,4-9,19-20H,3,10-11H2,(H,18,21). The fourth-order valence-electron chi connectivity index (χ4n) is 1.96. The van der Waals surface area contributed by atoms with Crippen LogP contribution in [0.1, 0.15) is 16.8 Å². The number of hydrogen-bond acceptors (Lipinski definition) is 4. The fraction of sp³-hybridized carbons (Fsp3) is 0.188. The second kappa shape index (κ2) is 8.14. The van der Waals surface area contributed by atoms with E-state index in [0.717, 1.165) is 0 Å². The number of rotatable bonds is 7. The van der Waals surface area contributed by atoms with E-state index in [1.807, 2.05) is 0 Å². The van der Waals surface area contributed by atoms with Gasteiger partial charge in [-0.1, -0.05) is 23.7 Å². The highest BCUT2D eigenvalue weighted by molar-refractivity contribution is 7.92. The van der Waals surface area contributed by atoms with Crippen LogP contribution in [0, 0.1) is 0 Å². The lowest BCUT2D eigenvalue weighted by atomic mass is 10.1. The molecule has 0 aliphatic rings. The minimum absolute atomic E-state index is 0.0366. The Balaban J connectivity index is 2.23. The second-order valence-corrected chi connectivity index (χ2v) is 7.06. The van der Waals surface area contributed by atoms with Crippen molar-refractivity contribution in [1.29, 1.82) is 0 Å². The molecule has 0 heterocycles. The van der Waals surface area contributed by atoms with Crippen molar-refractivity contribution >= 4 is 33.2 Å². The lowest BCUT2D eigenvalue weighted by molar-refractivity contribution is 0.0952. The van der Waals surface area contributed by atoms with E-state index in [0.29, 0.717) is 18.0 Å². The molecular formula is C16H17ClN2O4S. The molecule has 3 N–H and O–H groups in total. The molecular weight excluding hydrogens is 352 g/mol. The van der Waals surface area contributed by atoms with Crippen LogP contribution >= 0.6 is 11.6 Å². The Morgan fingerprint density at radius 1 is 1.08 bits per heavy atom. The quantitative estimate of drug-likeness (QED) is 0.653. The first kappa shape index (κ1) is 18.3. The summed E-state index contributed by atoms with van der Waals surface area (Å²) >= 11 is 5.76. The van der Waals surface area contributed by atoms with Gasteiger partial charge in [0.25, 0.3) is 15.9 Å². The van der Waals surface area contributed by atoms with Gasteiger partial charge in [-0.15, -0.1) is 0 Å². The van der Waals surface area contributed by atoms with Gasteiger partial charge in [-0.05, 0) is 42.8 Å². The predicted molar refractivity (Wildman–Crippen MR) is 92.7 cm³/mol. The summed E-state index contributed by atoms with van der Waals surface area (Å²) < 4.78 is 27.3. The largest absolute Gasteiger partial charge is 0.396 e. The number of halogens is 1. The lowest BCUT2D eigenvalue weighted by Crippen LogP contribution is -2.26.